The van der Waals surface area contributed by atoms with Crippen molar-refractivity contribution in [3.05, 3.63) is 58.7 Å². The smallest absolute Gasteiger partial charge is 0.126 e. The summed E-state index contributed by atoms with van der Waals surface area (Å²) >= 11 is 0. The summed E-state index contributed by atoms with van der Waals surface area (Å²) in [6.45, 7) is 20.0. The summed E-state index contributed by atoms with van der Waals surface area (Å²) in [5.41, 5.74) is 6.44. The molecule has 0 aliphatic heterocycles. The maximum atomic E-state index is 14.3. The van der Waals surface area contributed by atoms with E-state index in [1.54, 1.807) is 5.30 Å². The second kappa shape index (κ2) is 14.3. The van der Waals surface area contributed by atoms with Gasteiger partial charge in [-0.1, -0.05) is 112 Å². The van der Waals surface area contributed by atoms with Gasteiger partial charge in [-0.2, -0.15) is 0 Å². The van der Waals surface area contributed by atoms with Gasteiger partial charge in [0.05, 0.1) is 17.9 Å². The number of hydrogen-bond donors (Lipinski definition) is 0. The van der Waals surface area contributed by atoms with Crippen LogP contribution >= 0.6 is 7.92 Å². The molecule has 0 heterocycles. The highest BCUT2D eigenvalue weighted by Crippen LogP contribution is 2.56. The third-order valence-corrected chi connectivity index (χ3v) is 15.2. The Morgan fingerprint density at radius 3 is 1.64 bits per heavy atom. The van der Waals surface area contributed by atoms with Gasteiger partial charge >= 0.3 is 0 Å². The molecule has 0 radical (unpaired) electrons. The molecule has 2 atom stereocenters. The third-order valence-electron chi connectivity index (χ3n) is 9.84. The monoisotopic (exact) mass is 639 g/mol. The van der Waals surface area contributed by atoms with E-state index in [1.165, 1.54) is 86.5 Å². The van der Waals surface area contributed by atoms with Gasteiger partial charge in [0, 0.05) is 18.2 Å². The van der Waals surface area contributed by atoms with E-state index in [0.717, 1.165) is 17.1 Å². The van der Waals surface area contributed by atoms with E-state index in [2.05, 4.69) is 110 Å². The van der Waals surface area contributed by atoms with Crippen LogP contribution in [-0.2, 0) is 21.8 Å². The zero-order valence-corrected chi connectivity index (χ0v) is 31.6. The summed E-state index contributed by atoms with van der Waals surface area (Å²) in [6.07, 6.45) is 13.8. The topological polar surface area (TPSA) is 29.5 Å². The quantitative estimate of drug-likeness (QED) is 0.269. The Kier molecular flexibility index (Phi) is 11.6. The summed E-state index contributed by atoms with van der Waals surface area (Å²) in [6, 6.07) is 14.0. The highest BCUT2D eigenvalue weighted by atomic mass is 32.2. The Labute approximate surface area is 274 Å². The van der Waals surface area contributed by atoms with E-state index in [1.807, 2.05) is 7.11 Å². The van der Waals surface area contributed by atoms with Crippen LogP contribution in [0.5, 0.6) is 5.75 Å². The van der Waals surface area contributed by atoms with E-state index in [4.69, 9.17) is 4.74 Å². The zero-order valence-electron chi connectivity index (χ0n) is 29.9. The van der Waals surface area contributed by atoms with Crippen molar-refractivity contribution in [2.24, 2.45) is 0 Å². The van der Waals surface area contributed by atoms with Crippen LogP contribution in [0.25, 0.3) is 0 Å². The average molecular weight is 640 g/mol. The molecule has 2 fully saturated rings. The maximum Gasteiger partial charge on any atom is 0.126 e. The van der Waals surface area contributed by atoms with Crippen LogP contribution in [0.3, 0.4) is 0 Å². The number of nitrogens with zero attached hydrogens (tertiary/aromatic N) is 1. The second-order valence-electron chi connectivity index (χ2n) is 16.5. The van der Waals surface area contributed by atoms with E-state index >= 15 is 0 Å². The van der Waals surface area contributed by atoms with Crippen LogP contribution < -0.4 is 10.0 Å². The molecule has 2 aliphatic rings. The summed E-state index contributed by atoms with van der Waals surface area (Å²) < 4.78 is 22.3. The Hall–Kier alpha value is -1.22. The normalized spacial score (nSPS) is 19.4. The fourth-order valence-electron chi connectivity index (χ4n) is 7.62. The highest BCUT2D eigenvalue weighted by molar-refractivity contribution is 7.84. The van der Waals surface area contributed by atoms with Gasteiger partial charge in [-0.3, -0.25) is 0 Å². The lowest BCUT2D eigenvalue weighted by Gasteiger charge is -2.42. The number of benzene rings is 2. The van der Waals surface area contributed by atoms with Gasteiger partial charge in [-0.25, -0.2) is 8.51 Å². The molecule has 0 aromatic heterocycles. The number of hydrogen-bond acceptors (Lipinski definition) is 2. The maximum absolute atomic E-state index is 14.3. The predicted molar refractivity (Wildman–Crippen MR) is 195 cm³/mol. The summed E-state index contributed by atoms with van der Waals surface area (Å²) in [5, 5.41) is 1.58. The van der Waals surface area contributed by atoms with Crippen molar-refractivity contribution in [3.63, 3.8) is 0 Å². The van der Waals surface area contributed by atoms with Crippen molar-refractivity contribution >= 4 is 24.2 Å². The molecule has 2 aromatic rings. The molecule has 3 nitrogen and oxygen atoms in total. The van der Waals surface area contributed by atoms with Gasteiger partial charge in [-0.15, -0.1) is 0 Å². The fraction of sp³-hybridized carbons (Fsp3) is 0.692. The number of methoxy groups -OCH3 is 1. The molecule has 0 bridgehead atoms. The molecule has 5 heteroatoms. The molecule has 246 valence electrons. The Morgan fingerprint density at radius 2 is 1.23 bits per heavy atom. The fourth-order valence-corrected chi connectivity index (χ4v) is 12.9. The summed E-state index contributed by atoms with van der Waals surface area (Å²) in [4.78, 5) is 0. The van der Waals surface area contributed by atoms with Crippen molar-refractivity contribution in [1.82, 2.24) is 4.31 Å². The number of rotatable bonds is 8. The Balaban J connectivity index is 2.02. The van der Waals surface area contributed by atoms with Gasteiger partial charge < -0.3 is 4.74 Å². The second-order valence-corrected chi connectivity index (χ2v) is 21.6. The van der Waals surface area contributed by atoms with Crippen LogP contribution in [0.4, 0.5) is 0 Å². The molecule has 0 unspecified atom stereocenters. The first-order valence-electron chi connectivity index (χ1n) is 17.3. The molecular formula is C39H62NO2PS. The van der Waals surface area contributed by atoms with E-state index < -0.39 is 11.0 Å². The lowest BCUT2D eigenvalue weighted by atomic mass is 9.77. The molecule has 2 aliphatic carbocycles. The third kappa shape index (κ3) is 8.01. The average Bonchev–Trinajstić information content (AvgIpc) is 2.97. The lowest BCUT2D eigenvalue weighted by Crippen LogP contribution is -2.40. The van der Waals surface area contributed by atoms with Crippen LogP contribution in [-0.4, -0.2) is 38.7 Å². The van der Waals surface area contributed by atoms with Gasteiger partial charge in [0.1, 0.15) is 16.7 Å². The first kappa shape index (κ1) is 35.6. The Bertz CT molecular complexity index is 1220. The molecule has 0 amide bonds. The van der Waals surface area contributed by atoms with E-state index in [9.17, 15) is 4.21 Å². The van der Waals surface area contributed by atoms with E-state index in [0.29, 0.717) is 0 Å². The lowest BCUT2D eigenvalue weighted by molar-refractivity contribution is 0.379. The highest BCUT2D eigenvalue weighted by Gasteiger charge is 2.39. The Morgan fingerprint density at radius 1 is 0.773 bits per heavy atom. The summed E-state index contributed by atoms with van der Waals surface area (Å²) in [7, 11) is 2.39. The molecule has 0 spiro atoms. The molecule has 0 N–H and O–H groups in total. The van der Waals surface area contributed by atoms with Crippen LogP contribution in [0, 0.1) is 0 Å². The molecule has 2 saturated carbocycles. The molecule has 2 aromatic carbocycles. The van der Waals surface area contributed by atoms with Gasteiger partial charge in [0.25, 0.3) is 0 Å². The molecule has 4 rings (SSSR count). The van der Waals surface area contributed by atoms with Crippen molar-refractivity contribution < 1.29 is 8.95 Å². The van der Waals surface area contributed by atoms with Crippen LogP contribution in [0.1, 0.15) is 155 Å². The van der Waals surface area contributed by atoms with Gasteiger partial charge in [0.15, 0.2) is 0 Å². The van der Waals surface area contributed by atoms with Crippen molar-refractivity contribution in [2.45, 2.75) is 159 Å². The molecule has 44 heavy (non-hydrogen) atoms. The van der Waals surface area contributed by atoms with Crippen molar-refractivity contribution in [2.75, 3.05) is 14.2 Å². The minimum Gasteiger partial charge on any atom is -0.496 e. The SMILES string of the molecule is COc1c(C(C)(C)C)cc([C@@H](c2ccccc2P(C2CCCCC2)C2CCCCC2)N(C)[S@](=O)C(C)(C)C)cc1C(C)(C)C. The molecule has 0 saturated heterocycles. The standard InChI is InChI=1S/C39H62NO2PS/c1-37(2,3)32-26-28(27-33(36(32)42-11)38(4,5)6)35(40(10)44(41)39(7,8)9)31-24-18-19-25-34(31)43(29-20-14-12-15-21-29)30-22-16-13-17-23-30/h18-19,24-27,29-30,35H,12-17,20-23H2,1-11H3/t35-,44+/m0/s1. The minimum atomic E-state index is -1.20. The minimum absolute atomic E-state index is 0.107. The van der Waals surface area contributed by atoms with Crippen molar-refractivity contribution in [1.29, 1.82) is 0 Å². The van der Waals surface area contributed by atoms with Gasteiger partial charge in [-0.05, 0) is 97.2 Å². The predicted octanol–water partition coefficient (Wildman–Crippen LogP) is 10.5. The zero-order chi connectivity index (χ0) is 32.4. The summed E-state index contributed by atoms with van der Waals surface area (Å²) in [5.74, 6) is 0.993. The largest absolute Gasteiger partial charge is 0.496 e. The van der Waals surface area contributed by atoms with Crippen LogP contribution in [0.15, 0.2) is 36.4 Å². The van der Waals surface area contributed by atoms with Gasteiger partial charge in [0.2, 0.25) is 0 Å². The van der Waals surface area contributed by atoms with E-state index in [-0.39, 0.29) is 29.5 Å². The van der Waals surface area contributed by atoms with Crippen molar-refractivity contribution in [3.8, 4) is 5.75 Å². The van der Waals surface area contributed by atoms with Crippen LogP contribution in [0.2, 0.25) is 0 Å². The molecular weight excluding hydrogens is 577 g/mol. The first-order chi connectivity index (χ1) is 20.6. The first-order valence-corrected chi connectivity index (χ1v) is 19.9. The number of ether oxygens (including phenoxy) is 1.